The number of sulfonamides is 1. The van der Waals surface area contributed by atoms with Gasteiger partial charge in [0.2, 0.25) is 0 Å². The van der Waals surface area contributed by atoms with E-state index in [1.807, 2.05) is 39.0 Å². The Balaban J connectivity index is 1.82. The fourth-order valence-electron chi connectivity index (χ4n) is 3.47. The van der Waals surface area contributed by atoms with Crippen molar-refractivity contribution in [3.05, 3.63) is 64.7 Å². The molecule has 0 aliphatic carbocycles. The van der Waals surface area contributed by atoms with Crippen molar-refractivity contribution >= 4 is 21.8 Å². The number of fused-ring (bicyclic) bond motifs is 1. The van der Waals surface area contributed by atoms with Gasteiger partial charge in [0.25, 0.3) is 21.8 Å². The van der Waals surface area contributed by atoms with E-state index in [1.54, 1.807) is 13.8 Å². The molecule has 0 aromatic heterocycles. The normalized spacial score (nSPS) is 15.5. The second kappa shape index (κ2) is 7.30. The van der Waals surface area contributed by atoms with Crippen LogP contribution >= 0.6 is 0 Å². The molecule has 154 valence electrons. The minimum Gasteiger partial charge on any atom is -0.351 e. The van der Waals surface area contributed by atoms with Gasteiger partial charge in [0.1, 0.15) is 4.90 Å². The number of carbonyl (C=O) groups excluding carboxylic acids is 2. The molecule has 1 N–H and O–H groups in total. The SMILES string of the molecule is Cc1cccc(C(C)(C)CNC(=O)c2ccc3c(c2)S(=O)(=O)N(C(C)C)C3=O)c1. The molecule has 1 heterocycles. The van der Waals surface area contributed by atoms with Gasteiger partial charge >= 0.3 is 0 Å². The van der Waals surface area contributed by atoms with E-state index in [1.165, 1.54) is 18.2 Å². The van der Waals surface area contributed by atoms with Crippen molar-refractivity contribution in [2.45, 2.75) is 51.0 Å². The molecule has 0 spiro atoms. The standard InChI is InChI=1S/C22H26N2O4S/c1-14(2)24-21(26)18-10-9-16(12-19(18)29(24,27)28)20(25)23-13-22(4,5)17-8-6-7-15(3)11-17/h6-12,14H,13H2,1-5H3,(H,23,25). The van der Waals surface area contributed by atoms with Crippen LogP contribution in [0.5, 0.6) is 0 Å². The van der Waals surface area contributed by atoms with E-state index in [2.05, 4.69) is 11.4 Å². The molecule has 2 aromatic carbocycles. The summed E-state index contributed by atoms with van der Waals surface area (Å²) in [5.74, 6) is -0.929. The van der Waals surface area contributed by atoms with Gasteiger partial charge in [0.15, 0.2) is 0 Å². The molecule has 1 aliphatic rings. The van der Waals surface area contributed by atoms with Gasteiger partial charge in [-0.05, 0) is 44.5 Å². The molecule has 0 bridgehead atoms. The van der Waals surface area contributed by atoms with Crippen molar-refractivity contribution in [3.8, 4) is 0 Å². The Hall–Kier alpha value is -2.67. The second-order valence-electron chi connectivity index (χ2n) is 8.35. The lowest BCUT2D eigenvalue weighted by atomic mass is 9.84. The molecular formula is C22H26N2O4S. The van der Waals surface area contributed by atoms with Gasteiger partial charge < -0.3 is 5.32 Å². The Bertz CT molecular complexity index is 1090. The molecule has 2 amide bonds. The maximum Gasteiger partial charge on any atom is 0.269 e. The van der Waals surface area contributed by atoms with E-state index >= 15 is 0 Å². The smallest absolute Gasteiger partial charge is 0.269 e. The molecule has 0 radical (unpaired) electrons. The maximum atomic E-state index is 12.7. The molecule has 2 aromatic rings. The third kappa shape index (κ3) is 3.79. The highest BCUT2D eigenvalue weighted by atomic mass is 32.2. The topological polar surface area (TPSA) is 83.6 Å². The summed E-state index contributed by atoms with van der Waals surface area (Å²) in [4.78, 5) is 25.0. The van der Waals surface area contributed by atoms with Crippen molar-refractivity contribution in [1.82, 2.24) is 9.62 Å². The number of hydrogen-bond acceptors (Lipinski definition) is 4. The van der Waals surface area contributed by atoms with Gasteiger partial charge in [-0.15, -0.1) is 0 Å². The van der Waals surface area contributed by atoms with Crippen LogP contribution in [-0.4, -0.2) is 37.1 Å². The maximum absolute atomic E-state index is 12.7. The number of aryl methyl sites for hydroxylation is 1. The second-order valence-corrected chi connectivity index (χ2v) is 10.1. The number of rotatable bonds is 5. The van der Waals surface area contributed by atoms with E-state index in [9.17, 15) is 18.0 Å². The third-order valence-corrected chi connectivity index (χ3v) is 7.17. The van der Waals surface area contributed by atoms with Crippen molar-refractivity contribution in [1.29, 1.82) is 0 Å². The van der Waals surface area contributed by atoms with E-state index in [-0.39, 0.29) is 27.3 Å². The Morgan fingerprint density at radius 1 is 1.14 bits per heavy atom. The zero-order valence-electron chi connectivity index (χ0n) is 17.3. The Morgan fingerprint density at radius 2 is 1.83 bits per heavy atom. The van der Waals surface area contributed by atoms with Gasteiger partial charge in [-0.2, -0.15) is 0 Å². The van der Waals surface area contributed by atoms with Crippen molar-refractivity contribution < 1.29 is 18.0 Å². The molecule has 1 aliphatic heterocycles. The predicted octanol–water partition coefficient (Wildman–Crippen LogP) is 3.26. The number of hydrogen-bond donors (Lipinski definition) is 1. The van der Waals surface area contributed by atoms with Gasteiger partial charge in [-0.25, -0.2) is 12.7 Å². The highest BCUT2D eigenvalue weighted by molar-refractivity contribution is 7.90. The van der Waals surface area contributed by atoms with Crippen molar-refractivity contribution in [2.24, 2.45) is 0 Å². The van der Waals surface area contributed by atoms with Crippen molar-refractivity contribution in [3.63, 3.8) is 0 Å². The lowest BCUT2D eigenvalue weighted by Gasteiger charge is -2.26. The van der Waals surface area contributed by atoms with E-state index in [0.29, 0.717) is 6.54 Å². The molecule has 0 saturated heterocycles. The number of nitrogens with one attached hydrogen (secondary N) is 1. The fraction of sp³-hybridized carbons (Fsp3) is 0.364. The summed E-state index contributed by atoms with van der Waals surface area (Å²) in [6.07, 6.45) is 0. The monoisotopic (exact) mass is 414 g/mol. The zero-order valence-corrected chi connectivity index (χ0v) is 18.1. The third-order valence-electron chi connectivity index (χ3n) is 5.17. The number of amides is 2. The Kier molecular flexibility index (Phi) is 5.30. The highest BCUT2D eigenvalue weighted by Gasteiger charge is 2.43. The van der Waals surface area contributed by atoms with Gasteiger partial charge in [0, 0.05) is 23.6 Å². The van der Waals surface area contributed by atoms with E-state index < -0.39 is 22.0 Å². The first-order valence-corrected chi connectivity index (χ1v) is 11.0. The Labute approximate surface area is 172 Å². The molecule has 0 unspecified atom stereocenters. The Morgan fingerprint density at radius 3 is 2.45 bits per heavy atom. The average molecular weight is 415 g/mol. The van der Waals surface area contributed by atoms with E-state index in [0.717, 1.165) is 15.4 Å². The van der Waals surface area contributed by atoms with Crippen LogP contribution in [-0.2, 0) is 15.4 Å². The molecule has 6 nitrogen and oxygen atoms in total. The van der Waals surface area contributed by atoms with Crippen LogP contribution in [0.15, 0.2) is 47.4 Å². The van der Waals surface area contributed by atoms with Crippen LogP contribution in [0.3, 0.4) is 0 Å². The molecule has 29 heavy (non-hydrogen) atoms. The molecule has 0 atom stereocenters. The summed E-state index contributed by atoms with van der Waals surface area (Å²) in [6, 6.07) is 11.8. The van der Waals surface area contributed by atoms with Crippen LogP contribution in [0, 0.1) is 6.92 Å². The summed E-state index contributed by atoms with van der Waals surface area (Å²) in [5, 5.41) is 2.89. The molecule has 7 heteroatoms. The van der Waals surface area contributed by atoms with Crippen LogP contribution < -0.4 is 5.32 Å². The molecule has 3 rings (SSSR count). The summed E-state index contributed by atoms with van der Waals surface area (Å²) in [5.41, 5.74) is 2.27. The molecule has 0 fully saturated rings. The van der Waals surface area contributed by atoms with Gasteiger partial charge in [-0.1, -0.05) is 43.7 Å². The summed E-state index contributed by atoms with van der Waals surface area (Å²) >= 11 is 0. The van der Waals surface area contributed by atoms with Gasteiger partial charge in [0.05, 0.1) is 5.56 Å². The minimum absolute atomic E-state index is 0.107. The molecule has 0 saturated carbocycles. The van der Waals surface area contributed by atoms with Crippen LogP contribution in [0.1, 0.15) is 59.5 Å². The minimum atomic E-state index is -3.94. The number of nitrogens with zero attached hydrogens (tertiary/aromatic N) is 1. The molecular weight excluding hydrogens is 388 g/mol. The lowest BCUT2D eigenvalue weighted by molar-refractivity contribution is 0.0845. The van der Waals surface area contributed by atoms with Gasteiger partial charge in [-0.3, -0.25) is 9.59 Å². The highest BCUT2D eigenvalue weighted by Crippen LogP contribution is 2.32. The summed E-state index contributed by atoms with van der Waals surface area (Å²) in [6.45, 7) is 9.76. The first kappa shape index (κ1) is 21.0. The largest absolute Gasteiger partial charge is 0.351 e. The first-order chi connectivity index (χ1) is 13.4. The zero-order chi connectivity index (χ0) is 21.6. The quantitative estimate of drug-likeness (QED) is 0.814. The van der Waals surface area contributed by atoms with Crippen LogP contribution in [0.4, 0.5) is 0 Å². The number of benzene rings is 2. The van der Waals surface area contributed by atoms with Crippen LogP contribution in [0.25, 0.3) is 0 Å². The average Bonchev–Trinajstić information content (AvgIpc) is 2.85. The fourth-order valence-corrected chi connectivity index (χ4v) is 5.26. The first-order valence-electron chi connectivity index (χ1n) is 9.53. The number of carbonyl (C=O) groups is 2. The van der Waals surface area contributed by atoms with E-state index in [4.69, 9.17) is 0 Å². The van der Waals surface area contributed by atoms with Crippen molar-refractivity contribution in [2.75, 3.05) is 6.54 Å². The summed E-state index contributed by atoms with van der Waals surface area (Å²) in [7, 11) is -3.94. The predicted molar refractivity (Wildman–Crippen MR) is 111 cm³/mol. The van der Waals surface area contributed by atoms with Crippen LogP contribution in [0.2, 0.25) is 0 Å². The summed E-state index contributed by atoms with van der Waals surface area (Å²) < 4.78 is 26.3. The lowest BCUT2D eigenvalue weighted by Crippen LogP contribution is -2.36.